The van der Waals surface area contributed by atoms with Gasteiger partial charge in [0.25, 0.3) is 5.91 Å². The van der Waals surface area contributed by atoms with Crippen LogP contribution in [0.25, 0.3) is 0 Å². The molecule has 0 spiro atoms. The van der Waals surface area contributed by atoms with Crippen molar-refractivity contribution in [3.8, 4) is 0 Å². The van der Waals surface area contributed by atoms with Crippen LogP contribution in [0, 0.1) is 6.92 Å². The molecular formula is C17H23NO5S. The predicted octanol–water partition coefficient (Wildman–Crippen LogP) is 1.58. The highest BCUT2D eigenvalue weighted by atomic mass is 32.2. The summed E-state index contributed by atoms with van der Waals surface area (Å²) in [4.78, 5) is 25.9. The highest BCUT2D eigenvalue weighted by Crippen LogP contribution is 2.18. The Morgan fingerprint density at radius 3 is 2.46 bits per heavy atom. The Labute approximate surface area is 142 Å². The van der Waals surface area contributed by atoms with E-state index in [4.69, 9.17) is 4.74 Å². The number of nitrogens with zero attached hydrogens (tertiary/aromatic N) is 1. The minimum absolute atomic E-state index is 0.00928. The van der Waals surface area contributed by atoms with Crippen molar-refractivity contribution in [1.29, 1.82) is 0 Å². The van der Waals surface area contributed by atoms with Gasteiger partial charge in [-0.15, -0.1) is 0 Å². The van der Waals surface area contributed by atoms with Crippen LogP contribution in [0.3, 0.4) is 0 Å². The lowest BCUT2D eigenvalue weighted by atomic mass is 10.1. The van der Waals surface area contributed by atoms with Crippen LogP contribution in [-0.4, -0.2) is 55.9 Å². The lowest BCUT2D eigenvalue weighted by Gasteiger charge is -2.27. The number of benzene rings is 1. The Bertz CT molecular complexity index is 696. The van der Waals surface area contributed by atoms with Gasteiger partial charge in [-0.05, 0) is 31.9 Å². The van der Waals surface area contributed by atoms with Crippen LogP contribution < -0.4 is 0 Å². The molecule has 0 saturated carbocycles. The van der Waals surface area contributed by atoms with Crippen molar-refractivity contribution >= 4 is 21.7 Å². The Kier molecular flexibility index (Phi) is 5.99. The largest absolute Gasteiger partial charge is 0.452 e. The summed E-state index contributed by atoms with van der Waals surface area (Å²) in [6.07, 6.45) is 1.16. The highest BCUT2D eigenvalue weighted by molar-refractivity contribution is 7.91. The number of amides is 1. The first-order valence-corrected chi connectivity index (χ1v) is 9.88. The zero-order valence-corrected chi connectivity index (χ0v) is 14.8. The fourth-order valence-electron chi connectivity index (χ4n) is 2.76. The monoisotopic (exact) mass is 353 g/mol. The third kappa shape index (κ3) is 4.80. The molecule has 7 heteroatoms. The number of hydrogen-bond donors (Lipinski definition) is 0. The molecule has 2 rings (SSSR count). The first-order valence-electron chi connectivity index (χ1n) is 8.06. The van der Waals surface area contributed by atoms with E-state index in [2.05, 4.69) is 0 Å². The number of esters is 1. The SMILES string of the molecule is CCCN(C(=O)COC(=O)c1ccc(C)cc1)[C@@H]1CCS(=O)(=O)C1. The minimum atomic E-state index is -3.07. The Morgan fingerprint density at radius 1 is 1.25 bits per heavy atom. The van der Waals surface area contributed by atoms with Gasteiger partial charge in [0.05, 0.1) is 17.1 Å². The van der Waals surface area contributed by atoms with Gasteiger partial charge in [0.2, 0.25) is 0 Å². The van der Waals surface area contributed by atoms with Crippen LogP contribution in [0.5, 0.6) is 0 Å². The van der Waals surface area contributed by atoms with E-state index in [1.165, 1.54) is 4.90 Å². The van der Waals surface area contributed by atoms with Gasteiger partial charge in [-0.1, -0.05) is 24.6 Å². The van der Waals surface area contributed by atoms with Crippen molar-refractivity contribution in [2.24, 2.45) is 0 Å². The summed E-state index contributed by atoms with van der Waals surface area (Å²) in [5.74, 6) is -0.808. The molecule has 1 heterocycles. The first-order chi connectivity index (χ1) is 11.3. The summed E-state index contributed by atoms with van der Waals surface area (Å²) in [6.45, 7) is 3.92. The van der Waals surface area contributed by atoms with Gasteiger partial charge in [0.15, 0.2) is 16.4 Å². The van der Waals surface area contributed by atoms with Gasteiger partial charge < -0.3 is 9.64 Å². The van der Waals surface area contributed by atoms with E-state index in [1.807, 2.05) is 13.8 Å². The molecule has 1 aliphatic rings. The molecule has 6 nitrogen and oxygen atoms in total. The third-order valence-corrected chi connectivity index (χ3v) is 5.80. The van der Waals surface area contributed by atoms with Crippen LogP contribution in [-0.2, 0) is 19.4 Å². The standard InChI is InChI=1S/C17H23NO5S/c1-3-9-18(15-8-10-24(21,22)12-15)16(19)11-23-17(20)14-6-4-13(2)5-7-14/h4-7,15H,3,8-12H2,1-2H3/t15-/m1/s1. The van der Waals surface area contributed by atoms with E-state index < -0.39 is 15.8 Å². The van der Waals surface area contributed by atoms with E-state index in [9.17, 15) is 18.0 Å². The molecule has 24 heavy (non-hydrogen) atoms. The van der Waals surface area contributed by atoms with Gasteiger partial charge in [-0.3, -0.25) is 4.79 Å². The maximum Gasteiger partial charge on any atom is 0.338 e. The molecule has 0 aliphatic carbocycles. The molecule has 1 saturated heterocycles. The Morgan fingerprint density at radius 2 is 1.92 bits per heavy atom. The lowest BCUT2D eigenvalue weighted by Crippen LogP contribution is -2.43. The molecule has 1 aliphatic heterocycles. The predicted molar refractivity (Wildman–Crippen MR) is 90.5 cm³/mol. The Balaban J connectivity index is 1.95. The highest BCUT2D eigenvalue weighted by Gasteiger charge is 2.34. The fourth-order valence-corrected chi connectivity index (χ4v) is 4.49. The molecule has 0 unspecified atom stereocenters. The van der Waals surface area contributed by atoms with Crippen molar-refractivity contribution in [2.45, 2.75) is 32.7 Å². The summed E-state index contributed by atoms with van der Waals surface area (Å²) >= 11 is 0. The fraction of sp³-hybridized carbons (Fsp3) is 0.529. The molecule has 1 atom stereocenters. The number of carbonyl (C=O) groups excluding carboxylic acids is 2. The second kappa shape index (κ2) is 7.79. The molecule has 1 fully saturated rings. The molecule has 1 aromatic rings. The number of hydrogen-bond acceptors (Lipinski definition) is 5. The van der Waals surface area contributed by atoms with Gasteiger partial charge in [-0.2, -0.15) is 0 Å². The van der Waals surface area contributed by atoms with Crippen molar-refractivity contribution in [2.75, 3.05) is 24.7 Å². The summed E-state index contributed by atoms with van der Waals surface area (Å²) in [7, 11) is -3.07. The quantitative estimate of drug-likeness (QED) is 0.725. The molecule has 0 radical (unpaired) electrons. The van der Waals surface area contributed by atoms with Gasteiger partial charge in [-0.25, -0.2) is 13.2 Å². The first kappa shape index (κ1) is 18.4. The van der Waals surface area contributed by atoms with E-state index in [1.54, 1.807) is 24.3 Å². The second-order valence-corrected chi connectivity index (χ2v) is 8.31. The normalized spacial score (nSPS) is 19.0. The maximum absolute atomic E-state index is 12.4. The van der Waals surface area contributed by atoms with Crippen LogP contribution in [0.1, 0.15) is 35.7 Å². The van der Waals surface area contributed by atoms with E-state index in [-0.39, 0.29) is 30.1 Å². The molecule has 0 bridgehead atoms. The summed E-state index contributed by atoms with van der Waals surface area (Å²) < 4.78 is 28.3. The van der Waals surface area contributed by atoms with E-state index in [0.717, 1.165) is 5.56 Å². The van der Waals surface area contributed by atoms with Crippen molar-refractivity contribution in [3.05, 3.63) is 35.4 Å². The van der Waals surface area contributed by atoms with Gasteiger partial charge in [0.1, 0.15) is 0 Å². The smallest absolute Gasteiger partial charge is 0.338 e. The Hall–Kier alpha value is -1.89. The summed E-state index contributed by atoms with van der Waals surface area (Å²) in [5.41, 5.74) is 1.41. The third-order valence-electron chi connectivity index (χ3n) is 4.05. The van der Waals surface area contributed by atoms with Gasteiger partial charge >= 0.3 is 5.97 Å². The lowest BCUT2D eigenvalue weighted by molar-refractivity contribution is -0.136. The van der Waals surface area contributed by atoms with Crippen LogP contribution >= 0.6 is 0 Å². The van der Waals surface area contributed by atoms with Crippen molar-refractivity contribution in [1.82, 2.24) is 4.90 Å². The average molecular weight is 353 g/mol. The number of sulfone groups is 1. The average Bonchev–Trinajstić information content (AvgIpc) is 2.90. The number of aryl methyl sites for hydroxylation is 1. The topological polar surface area (TPSA) is 80.8 Å². The van der Waals surface area contributed by atoms with Gasteiger partial charge in [0, 0.05) is 12.6 Å². The number of rotatable bonds is 6. The molecule has 132 valence electrons. The van der Waals surface area contributed by atoms with Crippen LogP contribution in [0.2, 0.25) is 0 Å². The molecular weight excluding hydrogens is 330 g/mol. The number of carbonyl (C=O) groups is 2. The molecule has 1 aromatic carbocycles. The van der Waals surface area contributed by atoms with E-state index >= 15 is 0 Å². The maximum atomic E-state index is 12.4. The van der Waals surface area contributed by atoms with E-state index in [0.29, 0.717) is 24.9 Å². The van der Waals surface area contributed by atoms with Crippen molar-refractivity contribution < 1.29 is 22.7 Å². The zero-order chi connectivity index (χ0) is 17.7. The minimum Gasteiger partial charge on any atom is -0.452 e. The number of ether oxygens (including phenoxy) is 1. The zero-order valence-electron chi connectivity index (χ0n) is 14.0. The van der Waals surface area contributed by atoms with Crippen molar-refractivity contribution in [3.63, 3.8) is 0 Å². The molecule has 0 N–H and O–H groups in total. The van der Waals surface area contributed by atoms with Crippen LogP contribution in [0.15, 0.2) is 24.3 Å². The molecule has 0 aromatic heterocycles. The summed E-state index contributed by atoms with van der Waals surface area (Å²) in [5, 5.41) is 0. The summed E-state index contributed by atoms with van der Waals surface area (Å²) in [6, 6.07) is 6.57. The van der Waals surface area contributed by atoms with Crippen LogP contribution in [0.4, 0.5) is 0 Å². The second-order valence-electron chi connectivity index (χ2n) is 6.09. The molecule has 1 amide bonds.